The molecule has 2 heterocycles. The summed E-state index contributed by atoms with van der Waals surface area (Å²) in [6.45, 7) is 1.54. The molecule has 2 aromatic carbocycles. The Labute approximate surface area is 201 Å². The fraction of sp³-hybridized carbons (Fsp3) is 0.125. The van der Waals surface area contributed by atoms with E-state index in [1.54, 1.807) is 5.38 Å². The molecule has 0 saturated carbocycles. The number of carbonyl (C=O) groups is 2. The largest absolute Gasteiger partial charge is 0.448 e. The van der Waals surface area contributed by atoms with E-state index in [1.807, 2.05) is 30.3 Å². The molecule has 1 atom stereocenters. The van der Waals surface area contributed by atoms with Crippen molar-refractivity contribution >= 4 is 28.3 Å². The Morgan fingerprint density at radius 3 is 2.60 bits per heavy atom. The van der Waals surface area contributed by atoms with Gasteiger partial charge >= 0.3 is 5.97 Å². The Bertz CT molecular complexity index is 1440. The van der Waals surface area contributed by atoms with Gasteiger partial charge in [-0.25, -0.2) is 23.2 Å². The molecule has 2 aromatic heterocycles. The molecule has 1 N–H and O–H groups in total. The summed E-state index contributed by atoms with van der Waals surface area (Å²) < 4.78 is 32.9. The van der Waals surface area contributed by atoms with E-state index in [0.29, 0.717) is 11.3 Å². The van der Waals surface area contributed by atoms with Crippen molar-refractivity contribution in [2.24, 2.45) is 0 Å². The molecule has 0 fully saturated rings. The Morgan fingerprint density at radius 1 is 1.09 bits per heavy atom. The molecule has 4 aromatic rings. The Hall–Kier alpha value is -4.25. The van der Waals surface area contributed by atoms with Crippen LogP contribution in [0.1, 0.15) is 23.0 Å². The number of aromatic nitrogens is 3. The van der Waals surface area contributed by atoms with Crippen molar-refractivity contribution in [2.45, 2.75) is 19.6 Å². The highest BCUT2D eigenvalue weighted by atomic mass is 32.1. The topological polar surface area (TPSA) is 103 Å². The Morgan fingerprint density at radius 2 is 1.86 bits per heavy atom. The van der Waals surface area contributed by atoms with Crippen LogP contribution in [-0.4, -0.2) is 32.7 Å². The van der Waals surface area contributed by atoms with Crippen molar-refractivity contribution in [2.75, 3.05) is 5.32 Å². The van der Waals surface area contributed by atoms with E-state index < -0.39 is 35.2 Å². The summed E-state index contributed by atoms with van der Waals surface area (Å²) in [4.78, 5) is 41.3. The zero-order valence-corrected chi connectivity index (χ0v) is 19.1. The van der Waals surface area contributed by atoms with Gasteiger partial charge in [-0.2, -0.15) is 5.10 Å². The molecule has 0 bridgehead atoms. The van der Waals surface area contributed by atoms with Crippen molar-refractivity contribution in [3.05, 3.63) is 99.3 Å². The van der Waals surface area contributed by atoms with E-state index in [0.717, 1.165) is 33.7 Å². The zero-order chi connectivity index (χ0) is 24.9. The van der Waals surface area contributed by atoms with Crippen molar-refractivity contribution in [1.82, 2.24) is 14.8 Å². The summed E-state index contributed by atoms with van der Waals surface area (Å²) in [5.74, 6) is -3.51. The molecule has 0 radical (unpaired) electrons. The minimum absolute atomic E-state index is 0.130. The zero-order valence-electron chi connectivity index (χ0n) is 18.3. The molecule has 0 saturated heterocycles. The monoisotopic (exact) mass is 496 g/mol. The number of nitrogens with zero attached hydrogens (tertiary/aromatic N) is 3. The number of thiazole rings is 1. The third-order valence-corrected chi connectivity index (χ3v) is 5.61. The average Bonchev–Trinajstić information content (AvgIpc) is 3.31. The molecular weight excluding hydrogens is 478 g/mol. The molecule has 8 nitrogen and oxygen atoms in total. The molecule has 0 spiro atoms. The number of rotatable bonds is 7. The minimum atomic E-state index is -1.20. The highest BCUT2D eigenvalue weighted by Gasteiger charge is 2.22. The molecule has 178 valence electrons. The van der Waals surface area contributed by atoms with Gasteiger partial charge < -0.3 is 4.74 Å². The van der Waals surface area contributed by atoms with E-state index in [1.165, 1.54) is 25.1 Å². The summed E-state index contributed by atoms with van der Waals surface area (Å²) in [7, 11) is 0. The van der Waals surface area contributed by atoms with Gasteiger partial charge in [0.05, 0.1) is 12.2 Å². The summed E-state index contributed by atoms with van der Waals surface area (Å²) in [5, 5.41) is 8.32. The number of carbonyl (C=O) groups excluding carboxylic acids is 2. The van der Waals surface area contributed by atoms with Crippen molar-refractivity contribution < 1.29 is 23.1 Å². The lowest BCUT2D eigenvalue weighted by molar-refractivity contribution is -0.123. The second kappa shape index (κ2) is 10.3. The molecule has 0 aliphatic rings. The number of amides is 1. The summed E-state index contributed by atoms with van der Waals surface area (Å²) in [6, 6.07) is 14.9. The van der Waals surface area contributed by atoms with E-state index in [4.69, 9.17) is 4.74 Å². The fourth-order valence-electron chi connectivity index (χ4n) is 3.03. The Balaban J connectivity index is 1.39. The third-order valence-electron chi connectivity index (χ3n) is 4.85. The predicted octanol–water partition coefficient (Wildman–Crippen LogP) is 3.88. The van der Waals surface area contributed by atoms with Gasteiger partial charge in [-0.05, 0) is 36.8 Å². The van der Waals surface area contributed by atoms with Crippen LogP contribution in [-0.2, 0) is 16.1 Å². The molecule has 35 heavy (non-hydrogen) atoms. The van der Waals surface area contributed by atoms with Crippen LogP contribution in [0, 0.1) is 11.6 Å². The number of ether oxygens (including phenoxy) is 1. The summed E-state index contributed by atoms with van der Waals surface area (Å²) in [5.41, 5.74) is 0.994. The standard InChI is InChI=1S/C24H18F2N4O4S/c1-14(22(32)28-24-27-20(13-35-24)16-7-8-17(25)18(26)11-16)34-23(33)19-9-10-21(31)30(29-19)12-15-5-3-2-4-6-15/h2-11,13-14H,12H2,1H3,(H,27,28,32)/t14-/m0/s1. The lowest BCUT2D eigenvalue weighted by Gasteiger charge is -2.12. The van der Waals surface area contributed by atoms with Gasteiger partial charge in [-0.3, -0.25) is 14.9 Å². The number of nitrogens with one attached hydrogen (secondary N) is 1. The maximum atomic E-state index is 13.5. The number of anilines is 1. The molecule has 11 heteroatoms. The first-order valence-corrected chi connectivity index (χ1v) is 11.2. The van der Waals surface area contributed by atoms with E-state index in [9.17, 15) is 23.2 Å². The van der Waals surface area contributed by atoms with E-state index in [2.05, 4.69) is 15.4 Å². The molecule has 0 aliphatic heterocycles. The van der Waals surface area contributed by atoms with E-state index in [-0.39, 0.29) is 17.4 Å². The van der Waals surface area contributed by atoms with Crippen LogP contribution in [0.15, 0.2) is 70.8 Å². The molecule has 1 amide bonds. The van der Waals surface area contributed by atoms with Crippen molar-refractivity contribution in [3.63, 3.8) is 0 Å². The Kier molecular flexibility index (Phi) is 7.06. The smallest absolute Gasteiger partial charge is 0.359 e. The number of hydrogen-bond acceptors (Lipinski definition) is 7. The fourth-order valence-corrected chi connectivity index (χ4v) is 3.75. The highest BCUT2D eigenvalue weighted by Crippen LogP contribution is 2.26. The number of hydrogen-bond donors (Lipinski definition) is 1. The van der Waals surface area contributed by atoms with Crippen LogP contribution in [0.4, 0.5) is 13.9 Å². The second-order valence-corrected chi connectivity index (χ2v) is 8.26. The van der Waals surface area contributed by atoms with Crippen molar-refractivity contribution in [1.29, 1.82) is 0 Å². The van der Waals surface area contributed by atoms with Gasteiger partial charge in [0.2, 0.25) is 0 Å². The lowest BCUT2D eigenvalue weighted by atomic mass is 10.2. The lowest BCUT2D eigenvalue weighted by Crippen LogP contribution is -2.31. The van der Waals surface area contributed by atoms with Gasteiger partial charge in [0.25, 0.3) is 11.5 Å². The maximum absolute atomic E-state index is 13.5. The average molecular weight is 496 g/mol. The third kappa shape index (κ3) is 5.82. The first-order chi connectivity index (χ1) is 16.8. The van der Waals surface area contributed by atoms with Gasteiger partial charge in [0.15, 0.2) is 28.6 Å². The van der Waals surface area contributed by atoms with Gasteiger partial charge in [-0.15, -0.1) is 11.3 Å². The van der Waals surface area contributed by atoms with Crippen molar-refractivity contribution in [3.8, 4) is 11.3 Å². The van der Waals surface area contributed by atoms with Crippen LogP contribution in [0.3, 0.4) is 0 Å². The van der Waals surface area contributed by atoms with Crippen LogP contribution in [0.25, 0.3) is 11.3 Å². The first kappa shape index (κ1) is 23.9. The summed E-state index contributed by atoms with van der Waals surface area (Å²) in [6.07, 6.45) is -1.20. The SMILES string of the molecule is C[C@H](OC(=O)c1ccc(=O)n(Cc2ccccc2)n1)C(=O)Nc1nc(-c2ccc(F)c(F)c2)cs1. The normalized spacial score (nSPS) is 11.6. The maximum Gasteiger partial charge on any atom is 0.359 e. The van der Waals surface area contributed by atoms with Crippen LogP contribution in [0.5, 0.6) is 0 Å². The van der Waals surface area contributed by atoms with Gasteiger partial charge in [0.1, 0.15) is 0 Å². The highest BCUT2D eigenvalue weighted by molar-refractivity contribution is 7.14. The number of esters is 1. The quantitative estimate of drug-likeness (QED) is 0.390. The molecular formula is C24H18F2N4O4S. The van der Waals surface area contributed by atoms with Gasteiger partial charge in [-0.1, -0.05) is 30.3 Å². The predicted molar refractivity (Wildman–Crippen MR) is 125 cm³/mol. The van der Waals surface area contributed by atoms with Gasteiger partial charge in [0, 0.05) is 17.0 Å². The van der Waals surface area contributed by atoms with Crippen LogP contribution in [0.2, 0.25) is 0 Å². The van der Waals surface area contributed by atoms with Crippen LogP contribution >= 0.6 is 11.3 Å². The van der Waals surface area contributed by atoms with E-state index >= 15 is 0 Å². The van der Waals surface area contributed by atoms with Crippen LogP contribution < -0.4 is 10.9 Å². The number of halogens is 2. The molecule has 0 unspecified atom stereocenters. The number of benzene rings is 2. The molecule has 0 aliphatic carbocycles. The second-order valence-electron chi connectivity index (χ2n) is 7.40. The molecule has 4 rings (SSSR count). The summed E-state index contributed by atoms with van der Waals surface area (Å²) >= 11 is 1.07. The first-order valence-electron chi connectivity index (χ1n) is 10.3. The minimum Gasteiger partial charge on any atom is -0.448 e.